The van der Waals surface area contributed by atoms with Crippen molar-refractivity contribution < 1.29 is 9.18 Å². The van der Waals surface area contributed by atoms with Gasteiger partial charge < -0.3 is 0 Å². The van der Waals surface area contributed by atoms with E-state index in [0.29, 0.717) is 5.71 Å². The summed E-state index contributed by atoms with van der Waals surface area (Å²) in [6.07, 6.45) is 4.42. The lowest BCUT2D eigenvalue weighted by Gasteiger charge is -2.06. The molecular weight excluding hydrogens is 147 g/mol. The molecule has 2 aliphatic rings. The first-order valence-corrected chi connectivity index (χ1v) is 3.20. The lowest BCUT2D eigenvalue weighted by atomic mass is 9.98. The molecule has 1 N–H and O–H groups in total. The van der Waals surface area contributed by atoms with Gasteiger partial charge in [0, 0.05) is 0 Å². The van der Waals surface area contributed by atoms with Crippen LogP contribution in [-0.4, -0.2) is 11.6 Å². The predicted octanol–water partition coefficient (Wildman–Crippen LogP) is 0.512. The van der Waals surface area contributed by atoms with E-state index in [2.05, 4.69) is 10.5 Å². The number of hydrogen-bond acceptors (Lipinski definition) is 2. The Kier molecular flexibility index (Phi) is 1.15. The number of nitrogens with zero attached hydrogens (tertiary/aromatic N) is 1. The van der Waals surface area contributed by atoms with Crippen molar-refractivity contribution in [3.8, 4) is 0 Å². The van der Waals surface area contributed by atoms with Crippen molar-refractivity contribution in [2.75, 3.05) is 0 Å². The number of hydrogen-bond donors (Lipinski definition) is 1. The summed E-state index contributed by atoms with van der Waals surface area (Å²) < 4.78 is 12.9. The van der Waals surface area contributed by atoms with Crippen LogP contribution in [0.25, 0.3) is 0 Å². The zero-order chi connectivity index (χ0) is 7.84. The number of fused-ring (bicyclic) bond motifs is 1. The van der Waals surface area contributed by atoms with Crippen LogP contribution < -0.4 is 5.43 Å². The molecular formula is C7H5FN2O. The molecule has 0 saturated carbocycles. The van der Waals surface area contributed by atoms with Crippen molar-refractivity contribution in [3.63, 3.8) is 0 Å². The van der Waals surface area contributed by atoms with Crippen molar-refractivity contribution in [1.82, 2.24) is 5.43 Å². The minimum atomic E-state index is -0.792. The standard InChI is InChI=1S/C7H5FN2O/c8-4-2-1-3-5-6(4)7(11)10-9-5/h1-3,6H,(H,10,11). The highest BCUT2D eigenvalue weighted by molar-refractivity contribution is 6.15. The fraction of sp³-hybridized carbons (Fsp3) is 0.143. The summed E-state index contributed by atoms with van der Waals surface area (Å²) in [5, 5.41) is 3.64. The van der Waals surface area contributed by atoms with Crippen molar-refractivity contribution in [2.45, 2.75) is 0 Å². The largest absolute Gasteiger partial charge is 0.272 e. The molecule has 0 spiro atoms. The van der Waals surface area contributed by atoms with Gasteiger partial charge in [0.25, 0.3) is 5.91 Å². The molecule has 1 amide bonds. The Bertz CT molecular complexity index is 304. The molecule has 0 saturated heterocycles. The summed E-state index contributed by atoms with van der Waals surface area (Å²) in [5.74, 6) is -1.63. The predicted molar refractivity (Wildman–Crippen MR) is 37.4 cm³/mol. The van der Waals surface area contributed by atoms with Crippen LogP contribution in [-0.2, 0) is 4.79 Å². The van der Waals surface area contributed by atoms with Crippen LogP contribution in [0.4, 0.5) is 4.39 Å². The summed E-state index contributed by atoms with van der Waals surface area (Å²) >= 11 is 0. The van der Waals surface area contributed by atoms with E-state index in [0.717, 1.165) is 0 Å². The summed E-state index contributed by atoms with van der Waals surface area (Å²) in [7, 11) is 0. The number of nitrogens with one attached hydrogen (secondary N) is 1. The van der Waals surface area contributed by atoms with Gasteiger partial charge in [0.05, 0.1) is 5.71 Å². The van der Waals surface area contributed by atoms with E-state index in [-0.39, 0.29) is 0 Å². The first-order valence-electron chi connectivity index (χ1n) is 3.20. The van der Waals surface area contributed by atoms with Gasteiger partial charge in [0.2, 0.25) is 0 Å². The Labute approximate surface area is 62.3 Å². The minimum absolute atomic E-state index is 0.391. The Hall–Kier alpha value is -1.45. The van der Waals surface area contributed by atoms with Crippen LogP contribution in [0.2, 0.25) is 0 Å². The van der Waals surface area contributed by atoms with Crippen LogP contribution in [0.3, 0.4) is 0 Å². The number of carbonyl (C=O) groups excluding carboxylic acids is 1. The number of rotatable bonds is 0. The van der Waals surface area contributed by atoms with Gasteiger partial charge >= 0.3 is 0 Å². The molecule has 0 fully saturated rings. The van der Waals surface area contributed by atoms with E-state index in [9.17, 15) is 9.18 Å². The third-order valence-corrected chi connectivity index (χ3v) is 1.65. The molecule has 1 aliphatic carbocycles. The molecule has 1 unspecified atom stereocenters. The first kappa shape index (κ1) is 6.27. The van der Waals surface area contributed by atoms with Gasteiger partial charge in [-0.05, 0) is 12.2 Å². The average molecular weight is 152 g/mol. The molecule has 2 rings (SSSR count). The van der Waals surface area contributed by atoms with Crippen molar-refractivity contribution in [2.24, 2.45) is 11.0 Å². The molecule has 56 valence electrons. The molecule has 0 radical (unpaired) electrons. The van der Waals surface area contributed by atoms with Gasteiger partial charge in [-0.25, -0.2) is 9.82 Å². The smallest absolute Gasteiger partial charge is 0.256 e. The number of amides is 1. The van der Waals surface area contributed by atoms with Gasteiger partial charge in [0.15, 0.2) is 0 Å². The first-order chi connectivity index (χ1) is 5.29. The number of carbonyl (C=O) groups is 1. The molecule has 1 heterocycles. The van der Waals surface area contributed by atoms with Gasteiger partial charge in [-0.2, -0.15) is 5.10 Å². The summed E-state index contributed by atoms with van der Waals surface area (Å²) in [6.45, 7) is 0. The second-order valence-corrected chi connectivity index (χ2v) is 2.36. The second-order valence-electron chi connectivity index (χ2n) is 2.36. The second kappa shape index (κ2) is 2.02. The number of allylic oxidation sites excluding steroid dienone is 3. The fourth-order valence-corrected chi connectivity index (χ4v) is 1.12. The third-order valence-electron chi connectivity index (χ3n) is 1.65. The highest BCUT2D eigenvalue weighted by Crippen LogP contribution is 2.22. The Morgan fingerprint density at radius 2 is 2.45 bits per heavy atom. The van der Waals surface area contributed by atoms with Crippen LogP contribution in [0.1, 0.15) is 0 Å². The Morgan fingerprint density at radius 1 is 1.64 bits per heavy atom. The van der Waals surface area contributed by atoms with Gasteiger partial charge in [0.1, 0.15) is 11.7 Å². The maximum Gasteiger partial charge on any atom is 0.256 e. The average Bonchev–Trinajstić information content (AvgIpc) is 2.34. The molecule has 0 bridgehead atoms. The molecule has 3 nitrogen and oxygen atoms in total. The summed E-state index contributed by atoms with van der Waals surface area (Å²) in [6, 6.07) is 0. The van der Waals surface area contributed by atoms with Crippen molar-refractivity contribution in [1.29, 1.82) is 0 Å². The van der Waals surface area contributed by atoms with Crippen LogP contribution in [0, 0.1) is 5.92 Å². The number of hydrazone groups is 1. The molecule has 0 aromatic heterocycles. The minimum Gasteiger partial charge on any atom is -0.272 e. The molecule has 1 aliphatic heterocycles. The molecule has 0 aromatic carbocycles. The van der Waals surface area contributed by atoms with E-state index < -0.39 is 17.7 Å². The molecule has 11 heavy (non-hydrogen) atoms. The summed E-state index contributed by atoms with van der Waals surface area (Å²) in [4.78, 5) is 10.9. The van der Waals surface area contributed by atoms with E-state index >= 15 is 0 Å². The summed E-state index contributed by atoms with van der Waals surface area (Å²) in [5.41, 5.74) is 2.66. The number of halogens is 1. The monoisotopic (exact) mass is 152 g/mol. The maximum atomic E-state index is 12.9. The lowest BCUT2D eigenvalue weighted by Crippen LogP contribution is -2.24. The zero-order valence-corrected chi connectivity index (χ0v) is 5.54. The van der Waals surface area contributed by atoms with E-state index in [1.165, 1.54) is 12.2 Å². The highest BCUT2D eigenvalue weighted by Gasteiger charge is 2.33. The topological polar surface area (TPSA) is 41.5 Å². The van der Waals surface area contributed by atoms with E-state index in [4.69, 9.17) is 0 Å². The van der Waals surface area contributed by atoms with Crippen LogP contribution in [0.15, 0.2) is 29.2 Å². The molecule has 1 atom stereocenters. The zero-order valence-electron chi connectivity index (χ0n) is 5.54. The van der Waals surface area contributed by atoms with E-state index in [1.54, 1.807) is 6.08 Å². The van der Waals surface area contributed by atoms with Crippen LogP contribution >= 0.6 is 0 Å². The Morgan fingerprint density at radius 3 is 3.18 bits per heavy atom. The SMILES string of the molecule is O=C1NN=C2C=CC=C(F)C12. The van der Waals surface area contributed by atoms with Crippen LogP contribution in [0.5, 0.6) is 0 Å². The maximum absolute atomic E-state index is 12.9. The van der Waals surface area contributed by atoms with Gasteiger partial charge in [-0.1, -0.05) is 6.08 Å². The van der Waals surface area contributed by atoms with Crippen molar-refractivity contribution in [3.05, 3.63) is 24.1 Å². The molecule has 0 aromatic rings. The highest BCUT2D eigenvalue weighted by atomic mass is 19.1. The lowest BCUT2D eigenvalue weighted by molar-refractivity contribution is -0.121. The fourth-order valence-electron chi connectivity index (χ4n) is 1.12. The van der Waals surface area contributed by atoms with Gasteiger partial charge in [-0.3, -0.25) is 4.79 Å². The molecule has 4 heteroatoms. The van der Waals surface area contributed by atoms with E-state index in [1.807, 2.05) is 0 Å². The third kappa shape index (κ3) is 0.790. The van der Waals surface area contributed by atoms with Crippen molar-refractivity contribution >= 4 is 11.6 Å². The normalized spacial score (nSPS) is 27.4. The Balaban J connectivity index is 2.43. The quantitative estimate of drug-likeness (QED) is 0.540. The van der Waals surface area contributed by atoms with Gasteiger partial charge in [-0.15, -0.1) is 0 Å².